The molecule has 1 aromatic rings. The molecule has 2 N–H and O–H groups in total. The largest absolute Gasteiger partial charge is 0.390 e. The van der Waals surface area contributed by atoms with Crippen molar-refractivity contribution < 1.29 is 14.6 Å². The van der Waals surface area contributed by atoms with E-state index >= 15 is 0 Å². The molecule has 6 nitrogen and oxygen atoms in total. The maximum absolute atomic E-state index is 13.2. The third-order valence-corrected chi connectivity index (χ3v) is 8.44. The molecule has 6 rings (SSSR count). The van der Waals surface area contributed by atoms with Crippen molar-refractivity contribution in [1.29, 1.82) is 0 Å². The van der Waals surface area contributed by atoms with Gasteiger partial charge in [-0.25, -0.2) is 4.98 Å². The molecular formula is C22H31N3O3S. The summed E-state index contributed by atoms with van der Waals surface area (Å²) in [6.07, 6.45) is 4.82. The summed E-state index contributed by atoms with van der Waals surface area (Å²) < 4.78 is 5.45. The van der Waals surface area contributed by atoms with Crippen LogP contribution in [0.3, 0.4) is 0 Å². The lowest BCUT2D eigenvalue weighted by atomic mass is 9.76. The maximum atomic E-state index is 13.2. The number of carbonyl (C=O) groups is 1. The molecule has 0 aromatic carbocycles. The van der Waals surface area contributed by atoms with Crippen LogP contribution in [0.25, 0.3) is 0 Å². The summed E-state index contributed by atoms with van der Waals surface area (Å²) in [4.78, 5) is 20.3. The quantitative estimate of drug-likeness (QED) is 0.694. The molecule has 4 saturated carbocycles. The summed E-state index contributed by atoms with van der Waals surface area (Å²) in [5.41, 5.74) is 0.236. The number of ether oxygens (including phenoxy) is 1. The van der Waals surface area contributed by atoms with Crippen molar-refractivity contribution in [3.8, 4) is 0 Å². The van der Waals surface area contributed by atoms with Gasteiger partial charge >= 0.3 is 0 Å². The number of thioether (sulfide) groups is 1. The number of rotatable bonds is 6. The van der Waals surface area contributed by atoms with E-state index in [4.69, 9.17) is 9.72 Å². The zero-order valence-electron chi connectivity index (χ0n) is 17.1. The van der Waals surface area contributed by atoms with Crippen LogP contribution in [0.2, 0.25) is 0 Å². The molecule has 1 saturated heterocycles. The number of nitrogens with zero attached hydrogens (tertiary/aromatic N) is 2. The van der Waals surface area contributed by atoms with Crippen LogP contribution in [0.15, 0.2) is 17.2 Å². The van der Waals surface area contributed by atoms with Crippen molar-refractivity contribution in [2.24, 2.45) is 17.8 Å². The molecule has 4 aliphatic carbocycles. The van der Waals surface area contributed by atoms with Gasteiger partial charge in [-0.1, -0.05) is 6.92 Å². The van der Waals surface area contributed by atoms with Gasteiger partial charge in [0.1, 0.15) is 10.8 Å². The van der Waals surface area contributed by atoms with Crippen LogP contribution in [-0.2, 0) is 4.74 Å². The van der Waals surface area contributed by atoms with E-state index in [0.29, 0.717) is 23.3 Å². The van der Waals surface area contributed by atoms with Crippen molar-refractivity contribution in [3.63, 3.8) is 0 Å². The Morgan fingerprint density at radius 1 is 1.31 bits per heavy atom. The van der Waals surface area contributed by atoms with Crippen LogP contribution in [0.1, 0.15) is 49.4 Å². The lowest BCUT2D eigenvalue weighted by molar-refractivity contribution is -0.0192. The summed E-state index contributed by atoms with van der Waals surface area (Å²) in [6.45, 7) is 5.27. The third-order valence-electron chi connectivity index (χ3n) is 7.25. The number of hydrogen-bond donors (Lipinski definition) is 2. The maximum Gasteiger partial charge on any atom is 0.254 e. The van der Waals surface area contributed by atoms with Crippen molar-refractivity contribution in [2.75, 3.05) is 37.0 Å². The molecule has 5 aliphatic rings. The van der Waals surface area contributed by atoms with E-state index in [0.717, 1.165) is 75.0 Å². The minimum atomic E-state index is -0.455. The van der Waals surface area contributed by atoms with Gasteiger partial charge in [-0.15, -0.1) is 11.8 Å². The van der Waals surface area contributed by atoms with Crippen LogP contribution in [0, 0.1) is 17.8 Å². The fraction of sp³-hybridized carbons (Fsp3) is 0.727. The smallest absolute Gasteiger partial charge is 0.254 e. The lowest BCUT2D eigenvalue weighted by Crippen LogP contribution is -2.48. The number of anilines is 1. The third kappa shape index (κ3) is 3.66. The molecular weight excluding hydrogens is 386 g/mol. The van der Waals surface area contributed by atoms with Gasteiger partial charge in [0.15, 0.2) is 0 Å². The lowest BCUT2D eigenvalue weighted by Gasteiger charge is -2.38. The monoisotopic (exact) mass is 417 g/mol. The van der Waals surface area contributed by atoms with Gasteiger partial charge < -0.3 is 20.1 Å². The van der Waals surface area contributed by atoms with E-state index in [1.54, 1.807) is 11.8 Å². The standard InChI is InChI=1S/C22H31N3O3S/c1-2-9-29-21-16(3-4-18(23-21)25-5-7-28-8-6-25)20(26)24-19-15-10-14-11-22(27,12-15)13-17(14)19/h3-4,14-15,17,19,27H,2,5-13H2,1H3,(H,24,26)/t14?,15-,17-,19-,22-/m1/s1. The van der Waals surface area contributed by atoms with Crippen LogP contribution >= 0.6 is 11.8 Å². The van der Waals surface area contributed by atoms with Gasteiger partial charge in [0, 0.05) is 19.1 Å². The molecule has 29 heavy (non-hydrogen) atoms. The Balaban J connectivity index is 1.34. The molecule has 5 fully saturated rings. The van der Waals surface area contributed by atoms with Crippen molar-refractivity contribution in [1.82, 2.24) is 10.3 Å². The zero-order valence-corrected chi connectivity index (χ0v) is 17.9. The first kappa shape index (κ1) is 19.6. The number of morpholine rings is 1. The molecule has 7 heteroatoms. The molecule has 4 bridgehead atoms. The first-order valence-electron chi connectivity index (χ1n) is 11.1. The van der Waals surface area contributed by atoms with E-state index in [-0.39, 0.29) is 11.9 Å². The second-order valence-corrected chi connectivity index (χ2v) is 10.3. The fourth-order valence-electron chi connectivity index (χ4n) is 6.09. The fourth-order valence-corrected chi connectivity index (χ4v) is 6.96. The molecule has 1 amide bonds. The summed E-state index contributed by atoms with van der Waals surface area (Å²) in [5, 5.41) is 14.8. The van der Waals surface area contributed by atoms with Crippen LogP contribution in [-0.4, -0.2) is 59.7 Å². The van der Waals surface area contributed by atoms with Gasteiger partial charge in [0.05, 0.1) is 24.4 Å². The Labute approximate surface area is 176 Å². The Morgan fingerprint density at radius 3 is 2.86 bits per heavy atom. The predicted octanol–water partition coefficient (Wildman–Crippen LogP) is 2.70. The zero-order chi connectivity index (χ0) is 20.0. The molecule has 0 spiro atoms. The number of aliphatic hydroxyl groups is 1. The highest BCUT2D eigenvalue weighted by molar-refractivity contribution is 7.99. The summed E-state index contributed by atoms with van der Waals surface area (Å²) in [7, 11) is 0. The van der Waals surface area contributed by atoms with E-state index in [2.05, 4.69) is 17.1 Å². The molecule has 158 valence electrons. The van der Waals surface area contributed by atoms with Crippen molar-refractivity contribution >= 4 is 23.5 Å². The molecule has 1 aliphatic heterocycles. The summed E-state index contributed by atoms with van der Waals surface area (Å²) in [6, 6.07) is 4.13. The molecule has 1 unspecified atom stereocenters. The molecule has 2 heterocycles. The van der Waals surface area contributed by atoms with Crippen LogP contribution in [0.4, 0.5) is 5.82 Å². The predicted molar refractivity (Wildman–Crippen MR) is 113 cm³/mol. The second-order valence-electron chi connectivity index (χ2n) is 9.23. The molecule has 5 atom stereocenters. The van der Waals surface area contributed by atoms with Crippen molar-refractivity contribution in [3.05, 3.63) is 17.7 Å². The van der Waals surface area contributed by atoms with E-state index in [9.17, 15) is 9.90 Å². The Kier molecular flexibility index (Phi) is 5.25. The van der Waals surface area contributed by atoms with Gasteiger partial charge in [-0.3, -0.25) is 4.79 Å². The topological polar surface area (TPSA) is 74.7 Å². The average molecular weight is 418 g/mol. The van der Waals surface area contributed by atoms with E-state index < -0.39 is 5.60 Å². The van der Waals surface area contributed by atoms with E-state index in [1.165, 1.54) is 0 Å². The van der Waals surface area contributed by atoms with Crippen molar-refractivity contribution in [2.45, 2.75) is 55.7 Å². The number of aromatic nitrogens is 1. The van der Waals surface area contributed by atoms with Crippen LogP contribution in [0.5, 0.6) is 0 Å². The van der Waals surface area contributed by atoms with Gasteiger partial charge in [0.25, 0.3) is 5.91 Å². The minimum absolute atomic E-state index is 0.00220. The first-order valence-corrected chi connectivity index (χ1v) is 12.0. The van der Waals surface area contributed by atoms with E-state index in [1.807, 2.05) is 12.1 Å². The van der Waals surface area contributed by atoms with Gasteiger partial charge in [-0.05, 0) is 67.7 Å². The average Bonchev–Trinajstić information content (AvgIpc) is 3.11. The highest BCUT2D eigenvalue weighted by Crippen LogP contribution is 2.59. The number of nitrogens with one attached hydrogen (secondary N) is 1. The molecule has 1 aromatic heterocycles. The van der Waals surface area contributed by atoms with Gasteiger partial charge in [-0.2, -0.15) is 0 Å². The second kappa shape index (κ2) is 7.75. The number of carbonyl (C=O) groups excluding carboxylic acids is 1. The molecule has 0 radical (unpaired) electrons. The number of pyridine rings is 1. The highest BCUT2D eigenvalue weighted by Gasteiger charge is 2.60. The summed E-state index contributed by atoms with van der Waals surface area (Å²) in [5.74, 6) is 3.33. The highest BCUT2D eigenvalue weighted by atomic mass is 32.2. The summed E-state index contributed by atoms with van der Waals surface area (Å²) >= 11 is 1.67. The minimum Gasteiger partial charge on any atom is -0.390 e. The Morgan fingerprint density at radius 2 is 2.10 bits per heavy atom. The van der Waals surface area contributed by atoms with Gasteiger partial charge in [0.2, 0.25) is 0 Å². The Bertz CT molecular complexity index is 781. The van der Waals surface area contributed by atoms with Crippen LogP contribution < -0.4 is 10.2 Å². The number of amides is 1. The SMILES string of the molecule is CCCSc1nc(N2CCOCC2)ccc1C(=O)N[C@@H]1[C@@H]2CC3C[C@@](O)(C2)C[C@H]31. The number of hydrogen-bond acceptors (Lipinski definition) is 6. The normalized spacial score (nSPS) is 35.3. The Hall–Kier alpha value is -1.31. The first-order chi connectivity index (χ1) is 14.1.